The largest absolute Gasteiger partial charge is 0.396 e. The van der Waals surface area contributed by atoms with Crippen LogP contribution < -0.4 is 10.5 Å². The van der Waals surface area contributed by atoms with E-state index in [1.54, 1.807) is 0 Å². The van der Waals surface area contributed by atoms with Gasteiger partial charge in [-0.1, -0.05) is 11.6 Å². The van der Waals surface area contributed by atoms with Crippen molar-refractivity contribution in [2.75, 3.05) is 10.5 Å². The Morgan fingerprint density at radius 2 is 1.71 bits per heavy atom. The summed E-state index contributed by atoms with van der Waals surface area (Å²) in [5, 5.41) is -0.0837. The first-order valence-electron chi connectivity index (χ1n) is 5.43. The Labute approximate surface area is 123 Å². The van der Waals surface area contributed by atoms with E-state index in [0.717, 1.165) is 24.3 Å². The first-order valence-corrected chi connectivity index (χ1v) is 7.29. The van der Waals surface area contributed by atoms with Crippen molar-refractivity contribution in [1.82, 2.24) is 0 Å². The topological polar surface area (TPSA) is 72.2 Å². The zero-order valence-corrected chi connectivity index (χ0v) is 11.8. The molecule has 0 amide bonds. The van der Waals surface area contributed by atoms with Crippen molar-refractivity contribution in [1.29, 1.82) is 0 Å². The van der Waals surface area contributed by atoms with Crippen molar-refractivity contribution < 1.29 is 21.6 Å². The molecule has 3 N–H and O–H groups in total. The van der Waals surface area contributed by atoms with Gasteiger partial charge in [-0.3, -0.25) is 4.72 Å². The van der Waals surface area contributed by atoms with Crippen LogP contribution in [0.2, 0.25) is 5.02 Å². The fourth-order valence-corrected chi connectivity index (χ4v) is 3.02. The second kappa shape index (κ2) is 5.45. The average molecular weight is 337 g/mol. The summed E-state index contributed by atoms with van der Waals surface area (Å²) in [6, 6.07) is 4.25. The Hall–Kier alpha value is -1.93. The van der Waals surface area contributed by atoms with E-state index < -0.39 is 38.1 Å². The molecule has 0 spiro atoms. The van der Waals surface area contributed by atoms with Gasteiger partial charge < -0.3 is 5.73 Å². The van der Waals surface area contributed by atoms with Gasteiger partial charge in [-0.05, 0) is 24.3 Å². The Morgan fingerprint density at radius 3 is 2.33 bits per heavy atom. The van der Waals surface area contributed by atoms with Gasteiger partial charge in [0.1, 0.15) is 4.90 Å². The number of nitrogens with two attached hydrogens (primary N) is 1. The maximum atomic E-state index is 13.8. The molecule has 21 heavy (non-hydrogen) atoms. The van der Waals surface area contributed by atoms with Crippen molar-refractivity contribution in [2.24, 2.45) is 0 Å². The summed E-state index contributed by atoms with van der Waals surface area (Å²) in [4.78, 5) is -0.794. The smallest absolute Gasteiger partial charge is 0.264 e. The van der Waals surface area contributed by atoms with Gasteiger partial charge >= 0.3 is 0 Å². The predicted molar refractivity (Wildman–Crippen MR) is 73.0 cm³/mol. The number of rotatable bonds is 3. The maximum Gasteiger partial charge on any atom is 0.264 e. The van der Waals surface area contributed by atoms with Gasteiger partial charge in [0, 0.05) is 11.1 Å². The summed E-state index contributed by atoms with van der Waals surface area (Å²) in [5.74, 6) is -3.58. The number of hydrogen-bond donors (Lipinski definition) is 2. The maximum absolute atomic E-state index is 13.8. The first kappa shape index (κ1) is 15.5. The molecule has 0 aromatic heterocycles. The molecule has 0 saturated heterocycles. The van der Waals surface area contributed by atoms with Crippen LogP contribution in [-0.2, 0) is 10.0 Å². The summed E-state index contributed by atoms with van der Waals surface area (Å²) >= 11 is 5.63. The Balaban J connectivity index is 2.45. The van der Waals surface area contributed by atoms with Crippen LogP contribution in [0.1, 0.15) is 0 Å². The Bertz CT molecular complexity index is 812. The zero-order chi connectivity index (χ0) is 15.8. The van der Waals surface area contributed by atoms with Crippen LogP contribution in [0.15, 0.2) is 35.2 Å². The van der Waals surface area contributed by atoms with Crippen LogP contribution in [0, 0.1) is 17.5 Å². The minimum Gasteiger partial charge on any atom is -0.396 e. The highest BCUT2D eigenvalue weighted by atomic mass is 35.5. The molecule has 2 rings (SSSR count). The van der Waals surface area contributed by atoms with Gasteiger partial charge in [0.05, 0.1) is 11.4 Å². The number of sulfonamides is 1. The van der Waals surface area contributed by atoms with E-state index in [2.05, 4.69) is 0 Å². The highest BCUT2D eigenvalue weighted by molar-refractivity contribution is 7.92. The second-order valence-electron chi connectivity index (χ2n) is 4.04. The van der Waals surface area contributed by atoms with Gasteiger partial charge in [0.25, 0.3) is 10.0 Å². The summed E-state index contributed by atoms with van der Waals surface area (Å²) in [7, 11) is -4.40. The number of nitrogens with one attached hydrogen (secondary N) is 1. The molecule has 2 aromatic carbocycles. The van der Waals surface area contributed by atoms with E-state index in [9.17, 15) is 21.6 Å². The van der Waals surface area contributed by atoms with Crippen molar-refractivity contribution in [2.45, 2.75) is 4.90 Å². The fraction of sp³-hybridized carbons (Fsp3) is 0. The van der Waals surface area contributed by atoms with Crippen LogP contribution in [0.4, 0.5) is 24.5 Å². The van der Waals surface area contributed by atoms with E-state index in [1.807, 2.05) is 4.72 Å². The van der Waals surface area contributed by atoms with Gasteiger partial charge in [-0.15, -0.1) is 0 Å². The molecule has 0 atom stereocenters. The van der Waals surface area contributed by atoms with Crippen molar-refractivity contribution in [3.63, 3.8) is 0 Å². The summed E-state index contributed by atoms with van der Waals surface area (Å²) < 4.78 is 65.6. The molecule has 0 radical (unpaired) electrons. The third-order valence-corrected chi connectivity index (χ3v) is 4.09. The molecule has 0 aliphatic rings. The average Bonchev–Trinajstić information content (AvgIpc) is 2.37. The van der Waals surface area contributed by atoms with Gasteiger partial charge in [0.15, 0.2) is 17.5 Å². The number of halogens is 4. The number of nitrogen functional groups attached to an aromatic ring is 1. The van der Waals surface area contributed by atoms with Crippen LogP contribution in [0.5, 0.6) is 0 Å². The monoisotopic (exact) mass is 336 g/mol. The van der Waals surface area contributed by atoms with Gasteiger partial charge in [0.2, 0.25) is 0 Å². The molecular weight excluding hydrogens is 329 g/mol. The molecule has 9 heteroatoms. The number of anilines is 2. The van der Waals surface area contributed by atoms with Gasteiger partial charge in [-0.2, -0.15) is 0 Å². The fourth-order valence-electron chi connectivity index (χ4n) is 1.55. The lowest BCUT2D eigenvalue weighted by Gasteiger charge is -2.10. The molecule has 0 unspecified atom stereocenters. The molecule has 0 heterocycles. The standard InChI is InChI=1S/C12H8ClF3N2O2S/c13-6-3-10(17)12(16)11(4-6)21(19,20)18-7-1-2-8(14)9(15)5-7/h1-5,18H,17H2. The van der Waals surface area contributed by atoms with Crippen molar-refractivity contribution in [3.05, 3.63) is 52.8 Å². The normalized spacial score (nSPS) is 11.4. The zero-order valence-electron chi connectivity index (χ0n) is 10.2. The van der Waals surface area contributed by atoms with Gasteiger partial charge in [-0.25, -0.2) is 21.6 Å². The van der Waals surface area contributed by atoms with Crippen molar-refractivity contribution in [3.8, 4) is 0 Å². The molecule has 0 saturated carbocycles. The molecule has 4 nitrogen and oxygen atoms in total. The Morgan fingerprint density at radius 1 is 1.05 bits per heavy atom. The number of hydrogen-bond acceptors (Lipinski definition) is 3. The molecule has 0 fully saturated rings. The predicted octanol–water partition coefficient (Wildman–Crippen LogP) is 3.14. The minimum absolute atomic E-state index is 0.0837. The van der Waals surface area contributed by atoms with Crippen LogP contribution in [-0.4, -0.2) is 8.42 Å². The van der Waals surface area contributed by atoms with E-state index in [0.29, 0.717) is 6.07 Å². The quantitative estimate of drug-likeness (QED) is 0.846. The number of benzene rings is 2. The third kappa shape index (κ3) is 3.22. The molecule has 112 valence electrons. The van der Waals surface area contributed by atoms with E-state index >= 15 is 0 Å². The molecular formula is C12H8ClF3N2O2S. The summed E-state index contributed by atoms with van der Waals surface area (Å²) in [5.41, 5.74) is 4.57. The van der Waals surface area contributed by atoms with E-state index in [4.69, 9.17) is 17.3 Å². The first-order chi connectivity index (χ1) is 9.70. The molecule has 0 aliphatic heterocycles. The lowest BCUT2D eigenvalue weighted by atomic mass is 10.3. The highest BCUT2D eigenvalue weighted by Crippen LogP contribution is 2.27. The molecule has 0 aliphatic carbocycles. The lowest BCUT2D eigenvalue weighted by molar-refractivity contribution is 0.509. The van der Waals surface area contributed by atoms with Crippen molar-refractivity contribution >= 4 is 33.0 Å². The Kier molecular flexibility index (Phi) is 4.02. The van der Waals surface area contributed by atoms with Crippen LogP contribution in [0.3, 0.4) is 0 Å². The molecule has 2 aromatic rings. The third-order valence-electron chi connectivity index (χ3n) is 2.49. The SMILES string of the molecule is Nc1cc(Cl)cc(S(=O)(=O)Nc2ccc(F)c(F)c2)c1F. The van der Waals surface area contributed by atoms with E-state index in [-0.39, 0.29) is 10.7 Å². The van der Waals surface area contributed by atoms with E-state index in [1.165, 1.54) is 0 Å². The highest BCUT2D eigenvalue weighted by Gasteiger charge is 2.22. The summed E-state index contributed by atoms with van der Waals surface area (Å²) in [6.07, 6.45) is 0. The molecule has 0 bridgehead atoms. The second-order valence-corrected chi connectivity index (χ2v) is 6.13. The minimum atomic E-state index is -4.40. The summed E-state index contributed by atoms with van der Waals surface area (Å²) in [6.45, 7) is 0. The van der Waals surface area contributed by atoms with Crippen LogP contribution in [0.25, 0.3) is 0 Å². The van der Waals surface area contributed by atoms with Crippen LogP contribution >= 0.6 is 11.6 Å². The lowest BCUT2D eigenvalue weighted by Crippen LogP contribution is -2.15.